The van der Waals surface area contributed by atoms with E-state index < -0.39 is 6.04 Å². The second-order valence-corrected chi connectivity index (χ2v) is 3.24. The molecular weight excluding hydrogens is 200 g/mol. The zero-order chi connectivity index (χ0) is 11.3. The van der Waals surface area contributed by atoms with Crippen LogP contribution in [0.5, 0.6) is 0 Å². The SMILES string of the molecule is CNC(=O)C1COCCN1CC(=O)NN. The lowest BCUT2D eigenvalue weighted by atomic mass is 10.2. The minimum atomic E-state index is -0.416. The molecule has 1 atom stereocenters. The van der Waals surface area contributed by atoms with E-state index >= 15 is 0 Å². The monoisotopic (exact) mass is 216 g/mol. The molecule has 86 valence electrons. The zero-order valence-corrected chi connectivity index (χ0v) is 8.66. The van der Waals surface area contributed by atoms with Gasteiger partial charge in [-0.05, 0) is 0 Å². The number of hydrogen-bond donors (Lipinski definition) is 3. The van der Waals surface area contributed by atoms with Gasteiger partial charge in [0.2, 0.25) is 11.8 Å². The molecule has 0 aromatic carbocycles. The summed E-state index contributed by atoms with van der Waals surface area (Å²) >= 11 is 0. The molecule has 0 aromatic rings. The number of hydrazine groups is 1. The van der Waals surface area contributed by atoms with Crippen LogP contribution in [0.4, 0.5) is 0 Å². The fourth-order valence-electron chi connectivity index (χ4n) is 1.47. The molecule has 15 heavy (non-hydrogen) atoms. The number of nitrogens with zero attached hydrogens (tertiary/aromatic N) is 1. The van der Waals surface area contributed by atoms with E-state index in [9.17, 15) is 9.59 Å². The maximum atomic E-state index is 11.5. The molecule has 1 rings (SSSR count). The Kier molecular flexibility index (Phi) is 4.47. The number of rotatable bonds is 3. The van der Waals surface area contributed by atoms with Gasteiger partial charge in [0, 0.05) is 13.6 Å². The maximum Gasteiger partial charge on any atom is 0.248 e. The number of carbonyl (C=O) groups excluding carboxylic acids is 2. The number of amides is 2. The van der Waals surface area contributed by atoms with E-state index in [2.05, 4.69) is 5.32 Å². The molecule has 7 heteroatoms. The quantitative estimate of drug-likeness (QED) is 0.273. The van der Waals surface area contributed by atoms with Gasteiger partial charge in [-0.3, -0.25) is 19.9 Å². The maximum absolute atomic E-state index is 11.5. The molecule has 2 amide bonds. The van der Waals surface area contributed by atoms with E-state index in [1.165, 1.54) is 0 Å². The summed E-state index contributed by atoms with van der Waals surface area (Å²) in [5.41, 5.74) is 2.04. The topological polar surface area (TPSA) is 96.7 Å². The summed E-state index contributed by atoms with van der Waals surface area (Å²) < 4.78 is 5.19. The lowest BCUT2D eigenvalue weighted by molar-refractivity contribution is -0.135. The molecule has 1 saturated heterocycles. The zero-order valence-electron chi connectivity index (χ0n) is 8.66. The van der Waals surface area contributed by atoms with Crippen LogP contribution in [0.2, 0.25) is 0 Å². The summed E-state index contributed by atoms with van der Waals surface area (Å²) in [5, 5.41) is 2.53. The van der Waals surface area contributed by atoms with E-state index in [0.29, 0.717) is 19.8 Å². The predicted molar refractivity (Wildman–Crippen MR) is 52.6 cm³/mol. The molecule has 4 N–H and O–H groups in total. The highest BCUT2D eigenvalue weighted by Gasteiger charge is 2.29. The normalized spacial score (nSPS) is 22.1. The van der Waals surface area contributed by atoms with Gasteiger partial charge >= 0.3 is 0 Å². The van der Waals surface area contributed by atoms with Gasteiger partial charge in [0.1, 0.15) is 6.04 Å². The van der Waals surface area contributed by atoms with Crippen molar-refractivity contribution in [3.8, 4) is 0 Å². The van der Waals surface area contributed by atoms with Crippen LogP contribution in [-0.4, -0.2) is 56.1 Å². The molecule has 0 spiro atoms. The first kappa shape index (κ1) is 11.9. The van der Waals surface area contributed by atoms with Crippen LogP contribution in [0.25, 0.3) is 0 Å². The first-order valence-electron chi connectivity index (χ1n) is 4.72. The van der Waals surface area contributed by atoms with Crippen molar-refractivity contribution in [3.63, 3.8) is 0 Å². The Bertz CT molecular complexity index is 246. The Hall–Kier alpha value is -1.18. The summed E-state index contributed by atoms with van der Waals surface area (Å²) in [5.74, 6) is 4.52. The van der Waals surface area contributed by atoms with Crippen molar-refractivity contribution < 1.29 is 14.3 Å². The van der Waals surface area contributed by atoms with E-state index in [1.54, 1.807) is 11.9 Å². The Morgan fingerprint density at radius 3 is 2.93 bits per heavy atom. The molecule has 7 nitrogen and oxygen atoms in total. The highest BCUT2D eigenvalue weighted by atomic mass is 16.5. The van der Waals surface area contributed by atoms with Gasteiger partial charge in [-0.15, -0.1) is 0 Å². The summed E-state index contributed by atoms with van der Waals surface area (Å²) in [4.78, 5) is 24.3. The Balaban J connectivity index is 2.57. The Morgan fingerprint density at radius 2 is 2.33 bits per heavy atom. The fourth-order valence-corrected chi connectivity index (χ4v) is 1.47. The largest absolute Gasteiger partial charge is 0.378 e. The third kappa shape index (κ3) is 3.15. The van der Waals surface area contributed by atoms with E-state index in [4.69, 9.17) is 10.6 Å². The number of hydrogen-bond acceptors (Lipinski definition) is 5. The summed E-state index contributed by atoms with van der Waals surface area (Å²) in [6.45, 7) is 1.48. The Morgan fingerprint density at radius 1 is 1.60 bits per heavy atom. The average molecular weight is 216 g/mol. The number of nitrogens with one attached hydrogen (secondary N) is 2. The van der Waals surface area contributed by atoms with Gasteiger partial charge in [-0.25, -0.2) is 5.84 Å². The van der Waals surface area contributed by atoms with E-state index in [-0.39, 0.29) is 18.4 Å². The van der Waals surface area contributed by atoms with Gasteiger partial charge < -0.3 is 10.1 Å². The predicted octanol–water partition coefficient (Wildman–Crippen LogP) is -2.58. The minimum absolute atomic E-state index is 0.109. The number of nitrogens with two attached hydrogens (primary N) is 1. The van der Waals surface area contributed by atoms with Crippen molar-refractivity contribution in [1.29, 1.82) is 0 Å². The van der Waals surface area contributed by atoms with Crippen LogP contribution in [0.3, 0.4) is 0 Å². The molecule has 0 bridgehead atoms. The van der Waals surface area contributed by atoms with Crippen molar-refractivity contribution in [2.75, 3.05) is 33.4 Å². The van der Waals surface area contributed by atoms with Crippen molar-refractivity contribution in [3.05, 3.63) is 0 Å². The van der Waals surface area contributed by atoms with Crippen molar-refractivity contribution in [1.82, 2.24) is 15.6 Å². The van der Waals surface area contributed by atoms with Crippen molar-refractivity contribution >= 4 is 11.8 Å². The molecule has 1 aliphatic rings. The van der Waals surface area contributed by atoms with Gasteiger partial charge in [0.05, 0.1) is 19.8 Å². The molecule has 1 aliphatic heterocycles. The highest BCUT2D eigenvalue weighted by Crippen LogP contribution is 2.06. The molecule has 1 heterocycles. The van der Waals surface area contributed by atoms with Gasteiger partial charge in [-0.2, -0.15) is 0 Å². The van der Waals surface area contributed by atoms with Crippen LogP contribution in [-0.2, 0) is 14.3 Å². The molecule has 0 aliphatic carbocycles. The van der Waals surface area contributed by atoms with Crippen LogP contribution in [0, 0.1) is 0 Å². The van der Waals surface area contributed by atoms with E-state index in [1.807, 2.05) is 5.43 Å². The first-order valence-corrected chi connectivity index (χ1v) is 4.72. The number of ether oxygens (including phenoxy) is 1. The molecule has 1 unspecified atom stereocenters. The second-order valence-electron chi connectivity index (χ2n) is 3.24. The number of morpholine rings is 1. The number of carbonyl (C=O) groups is 2. The molecule has 1 fully saturated rings. The lowest BCUT2D eigenvalue weighted by Gasteiger charge is -2.33. The van der Waals surface area contributed by atoms with Crippen LogP contribution in [0.15, 0.2) is 0 Å². The second kappa shape index (κ2) is 5.64. The van der Waals surface area contributed by atoms with Crippen molar-refractivity contribution in [2.45, 2.75) is 6.04 Å². The van der Waals surface area contributed by atoms with Crippen LogP contribution >= 0.6 is 0 Å². The van der Waals surface area contributed by atoms with E-state index in [0.717, 1.165) is 0 Å². The molecule has 0 aromatic heterocycles. The highest BCUT2D eigenvalue weighted by molar-refractivity contribution is 5.83. The van der Waals surface area contributed by atoms with Gasteiger partial charge in [-0.1, -0.05) is 0 Å². The smallest absolute Gasteiger partial charge is 0.248 e. The molecular formula is C8H16N4O3. The third-order valence-corrected chi connectivity index (χ3v) is 2.30. The standard InChI is InChI=1S/C8H16N4O3/c1-10-8(14)6-5-15-3-2-12(6)4-7(13)11-9/h6H,2-5,9H2,1H3,(H,10,14)(H,11,13). The fraction of sp³-hybridized carbons (Fsp3) is 0.750. The van der Waals surface area contributed by atoms with Crippen LogP contribution < -0.4 is 16.6 Å². The van der Waals surface area contributed by atoms with Crippen LogP contribution in [0.1, 0.15) is 0 Å². The van der Waals surface area contributed by atoms with Crippen molar-refractivity contribution in [2.24, 2.45) is 5.84 Å². The first-order chi connectivity index (χ1) is 7.19. The summed E-state index contributed by atoms with van der Waals surface area (Å²) in [6, 6.07) is -0.416. The minimum Gasteiger partial charge on any atom is -0.378 e. The molecule has 0 radical (unpaired) electrons. The summed E-state index contributed by atoms with van der Waals surface area (Å²) in [6.07, 6.45) is 0. The average Bonchev–Trinajstić information content (AvgIpc) is 2.28. The number of likely N-dealkylation sites (N-methyl/N-ethyl adjacent to an activating group) is 1. The summed E-state index contributed by atoms with van der Waals surface area (Å²) in [7, 11) is 1.55. The third-order valence-electron chi connectivity index (χ3n) is 2.30. The van der Waals surface area contributed by atoms with Gasteiger partial charge in [0.15, 0.2) is 0 Å². The molecule has 0 saturated carbocycles. The van der Waals surface area contributed by atoms with Gasteiger partial charge in [0.25, 0.3) is 0 Å². The lowest BCUT2D eigenvalue weighted by Crippen LogP contribution is -2.56. The Labute approximate surface area is 87.9 Å².